The Morgan fingerprint density at radius 1 is 0.933 bits per heavy atom. The van der Waals surface area contributed by atoms with Gasteiger partial charge < -0.3 is 25.4 Å². The number of carbonyl (C=O) groups is 2. The van der Waals surface area contributed by atoms with Crippen LogP contribution in [0.2, 0.25) is 0 Å². The van der Waals surface area contributed by atoms with Gasteiger partial charge in [-0.25, -0.2) is 0 Å². The molecule has 0 aliphatic rings. The van der Waals surface area contributed by atoms with Crippen molar-refractivity contribution in [2.45, 2.75) is 20.8 Å². The Hall–Kier alpha value is -2.77. The topological polar surface area (TPSA) is 88.7 Å². The van der Waals surface area contributed by atoms with E-state index >= 15 is 0 Å². The minimum Gasteiger partial charge on any atom is -0.492 e. The van der Waals surface area contributed by atoms with E-state index in [4.69, 9.17) is 9.47 Å². The van der Waals surface area contributed by atoms with Crippen LogP contribution in [-0.4, -0.2) is 38.6 Å². The minimum atomic E-state index is -0.256. The predicted octanol–water partition coefficient (Wildman–Crippen LogP) is 3.95. The first-order valence-corrected chi connectivity index (χ1v) is 9.75. The quantitative estimate of drug-likeness (QED) is 0.525. The van der Waals surface area contributed by atoms with E-state index in [2.05, 4.69) is 16.0 Å². The second kappa shape index (κ2) is 12.7. The molecule has 0 aliphatic carbocycles. The molecule has 30 heavy (non-hydrogen) atoms. The molecular weight excluding hydrogens is 406 g/mol. The summed E-state index contributed by atoms with van der Waals surface area (Å²) in [6, 6.07) is 12.3. The molecule has 1 atom stereocenters. The Morgan fingerprint density at radius 2 is 1.47 bits per heavy atom. The van der Waals surface area contributed by atoms with Crippen molar-refractivity contribution in [3.8, 4) is 11.5 Å². The number of anilines is 2. The van der Waals surface area contributed by atoms with E-state index in [9.17, 15) is 9.59 Å². The van der Waals surface area contributed by atoms with Crippen LogP contribution in [0, 0.1) is 5.92 Å². The number of nitrogens with one attached hydrogen (secondary N) is 3. The van der Waals surface area contributed by atoms with Crippen LogP contribution in [0.25, 0.3) is 0 Å². The van der Waals surface area contributed by atoms with Crippen molar-refractivity contribution >= 4 is 35.6 Å². The number of benzene rings is 2. The molecule has 0 fully saturated rings. The van der Waals surface area contributed by atoms with Crippen molar-refractivity contribution in [2.24, 2.45) is 5.92 Å². The maximum atomic E-state index is 12.6. The molecule has 0 spiro atoms. The molecule has 0 aromatic heterocycles. The van der Waals surface area contributed by atoms with Gasteiger partial charge >= 0.3 is 0 Å². The second-order valence-corrected chi connectivity index (χ2v) is 6.48. The zero-order valence-corrected chi connectivity index (χ0v) is 18.6. The van der Waals surface area contributed by atoms with Crippen molar-refractivity contribution in [3.63, 3.8) is 0 Å². The Balaban J connectivity index is 0.00000450. The Labute approximate surface area is 183 Å². The first kappa shape index (κ1) is 25.3. The van der Waals surface area contributed by atoms with Gasteiger partial charge in [-0.1, -0.05) is 25.1 Å². The number of hydrogen-bond donors (Lipinski definition) is 3. The fourth-order valence-corrected chi connectivity index (χ4v) is 2.74. The first-order chi connectivity index (χ1) is 14.0. The van der Waals surface area contributed by atoms with Gasteiger partial charge in [0.2, 0.25) is 5.91 Å². The van der Waals surface area contributed by atoms with Crippen LogP contribution in [0.15, 0.2) is 42.5 Å². The highest BCUT2D eigenvalue weighted by atomic mass is 35.5. The van der Waals surface area contributed by atoms with Gasteiger partial charge in [0.1, 0.15) is 11.5 Å². The van der Waals surface area contributed by atoms with Crippen LogP contribution in [0.3, 0.4) is 0 Å². The summed E-state index contributed by atoms with van der Waals surface area (Å²) < 4.78 is 11.4. The minimum absolute atomic E-state index is 0. The maximum Gasteiger partial charge on any atom is 0.255 e. The standard InChI is InChI=1S/C22H29N3O4.ClH/c1-5-28-19-13-18(25-22(27)16-10-8-7-9-11-16)20(29-6-2)12-17(19)24-21(26)15(3)14-23-4;/h7-13,15,23H,5-6,14H2,1-4H3,(H,24,26)(H,25,27);1H. The number of carbonyl (C=O) groups excluding carboxylic acids is 2. The maximum absolute atomic E-state index is 12.6. The number of rotatable bonds is 10. The average molecular weight is 436 g/mol. The number of halogens is 1. The average Bonchev–Trinajstić information content (AvgIpc) is 2.72. The van der Waals surface area contributed by atoms with E-state index in [-0.39, 0.29) is 30.1 Å². The molecule has 2 aromatic carbocycles. The molecule has 2 aromatic rings. The lowest BCUT2D eigenvalue weighted by atomic mass is 10.1. The fourth-order valence-electron chi connectivity index (χ4n) is 2.74. The molecule has 0 bridgehead atoms. The van der Waals surface area contributed by atoms with Gasteiger partial charge in [-0.15, -0.1) is 12.4 Å². The van der Waals surface area contributed by atoms with Crippen LogP contribution in [0.1, 0.15) is 31.1 Å². The summed E-state index contributed by atoms with van der Waals surface area (Å²) in [6.45, 7) is 6.92. The van der Waals surface area contributed by atoms with E-state index in [1.54, 1.807) is 43.4 Å². The van der Waals surface area contributed by atoms with Crippen molar-refractivity contribution in [3.05, 3.63) is 48.0 Å². The van der Waals surface area contributed by atoms with Crippen LogP contribution in [0.4, 0.5) is 11.4 Å². The molecule has 8 heteroatoms. The predicted molar refractivity (Wildman–Crippen MR) is 122 cm³/mol. The summed E-state index contributed by atoms with van der Waals surface area (Å²) >= 11 is 0. The van der Waals surface area contributed by atoms with Gasteiger partial charge in [0.05, 0.1) is 24.6 Å². The van der Waals surface area contributed by atoms with Crippen LogP contribution >= 0.6 is 12.4 Å². The van der Waals surface area contributed by atoms with E-state index < -0.39 is 0 Å². The highest BCUT2D eigenvalue weighted by Crippen LogP contribution is 2.37. The molecule has 164 valence electrons. The summed E-state index contributed by atoms with van der Waals surface area (Å²) in [5.74, 6) is 0.306. The van der Waals surface area contributed by atoms with Crippen LogP contribution < -0.4 is 25.4 Å². The molecule has 2 amide bonds. The fraction of sp³-hybridized carbons (Fsp3) is 0.364. The van der Waals surface area contributed by atoms with Gasteiger partial charge in [-0.2, -0.15) is 0 Å². The molecule has 3 N–H and O–H groups in total. The SMILES string of the molecule is CCOc1cc(NC(=O)C(C)CNC)c(OCC)cc1NC(=O)c1ccccc1.Cl. The largest absolute Gasteiger partial charge is 0.492 e. The zero-order valence-electron chi connectivity index (χ0n) is 17.8. The lowest BCUT2D eigenvalue weighted by Crippen LogP contribution is -2.28. The highest BCUT2D eigenvalue weighted by molar-refractivity contribution is 6.05. The van der Waals surface area contributed by atoms with E-state index in [0.29, 0.717) is 48.2 Å². The van der Waals surface area contributed by atoms with Gasteiger partial charge in [-0.3, -0.25) is 9.59 Å². The van der Waals surface area contributed by atoms with Crippen molar-refractivity contribution < 1.29 is 19.1 Å². The summed E-state index contributed by atoms with van der Waals surface area (Å²) in [5, 5.41) is 8.75. The van der Waals surface area contributed by atoms with Crippen LogP contribution in [0.5, 0.6) is 11.5 Å². The molecule has 1 unspecified atom stereocenters. The number of ether oxygens (including phenoxy) is 2. The third kappa shape index (κ3) is 6.93. The third-order valence-electron chi connectivity index (χ3n) is 4.18. The van der Waals surface area contributed by atoms with Gasteiger partial charge in [0.15, 0.2) is 0 Å². The molecule has 0 heterocycles. The third-order valence-corrected chi connectivity index (χ3v) is 4.18. The monoisotopic (exact) mass is 435 g/mol. The lowest BCUT2D eigenvalue weighted by Gasteiger charge is -2.19. The molecule has 0 aliphatic heterocycles. The summed E-state index contributed by atoms with van der Waals surface area (Å²) in [4.78, 5) is 25.0. The van der Waals surface area contributed by atoms with Crippen LogP contribution in [-0.2, 0) is 4.79 Å². The molecule has 0 radical (unpaired) electrons. The Kier molecular flexibility index (Phi) is 10.7. The molecule has 0 saturated carbocycles. The normalized spacial score (nSPS) is 11.1. The van der Waals surface area contributed by atoms with E-state index in [1.807, 2.05) is 26.8 Å². The van der Waals surface area contributed by atoms with Gasteiger partial charge in [-0.05, 0) is 33.0 Å². The number of amides is 2. The first-order valence-electron chi connectivity index (χ1n) is 9.75. The Bertz CT molecular complexity index is 831. The summed E-state index contributed by atoms with van der Waals surface area (Å²) in [5.41, 5.74) is 1.51. The molecule has 0 saturated heterocycles. The van der Waals surface area contributed by atoms with Gasteiger partial charge in [0, 0.05) is 30.2 Å². The highest BCUT2D eigenvalue weighted by Gasteiger charge is 2.19. The second-order valence-electron chi connectivity index (χ2n) is 6.48. The number of hydrogen-bond acceptors (Lipinski definition) is 5. The van der Waals surface area contributed by atoms with Gasteiger partial charge in [0.25, 0.3) is 5.91 Å². The van der Waals surface area contributed by atoms with E-state index in [0.717, 1.165) is 0 Å². The molecule has 7 nitrogen and oxygen atoms in total. The molecule has 2 rings (SSSR count). The zero-order chi connectivity index (χ0) is 21.2. The smallest absolute Gasteiger partial charge is 0.255 e. The summed E-state index contributed by atoms with van der Waals surface area (Å²) in [7, 11) is 1.80. The Morgan fingerprint density at radius 3 is 1.97 bits per heavy atom. The van der Waals surface area contributed by atoms with E-state index in [1.165, 1.54) is 0 Å². The van der Waals surface area contributed by atoms with Crippen molar-refractivity contribution in [2.75, 3.05) is 37.4 Å². The summed E-state index contributed by atoms with van der Waals surface area (Å²) in [6.07, 6.45) is 0. The van der Waals surface area contributed by atoms with Crippen molar-refractivity contribution in [1.29, 1.82) is 0 Å². The lowest BCUT2D eigenvalue weighted by molar-refractivity contribution is -0.119. The molecular formula is C22H30ClN3O4. The van der Waals surface area contributed by atoms with Crippen molar-refractivity contribution in [1.82, 2.24) is 5.32 Å².